The molecule has 0 saturated carbocycles. The van der Waals surface area contributed by atoms with Crippen LogP contribution in [0.5, 0.6) is 0 Å². The lowest BCUT2D eigenvalue weighted by Gasteiger charge is -2.22. The van der Waals surface area contributed by atoms with E-state index in [9.17, 15) is 19.2 Å². The van der Waals surface area contributed by atoms with Gasteiger partial charge in [0.2, 0.25) is 23.6 Å². The van der Waals surface area contributed by atoms with Gasteiger partial charge < -0.3 is 21.7 Å². The van der Waals surface area contributed by atoms with E-state index >= 15 is 0 Å². The van der Waals surface area contributed by atoms with Crippen molar-refractivity contribution >= 4 is 23.6 Å². The Balaban J connectivity index is 2.86. The third kappa shape index (κ3) is 7.03. The molecule has 3 atom stereocenters. The molecular weight excluding hydrogens is 324 g/mol. The van der Waals surface area contributed by atoms with Crippen molar-refractivity contribution in [2.45, 2.75) is 45.3 Å². The SMILES string of the molecule is CC(=O)N[C@@H](C)C(=O)N[C@@H](Cc1ccccc1)C(=O)N[C@@H](C)C(N)=O. The van der Waals surface area contributed by atoms with Gasteiger partial charge in [-0.1, -0.05) is 30.3 Å². The molecule has 0 saturated heterocycles. The summed E-state index contributed by atoms with van der Waals surface area (Å²) in [6.07, 6.45) is 0.233. The highest BCUT2D eigenvalue weighted by molar-refractivity contribution is 5.93. The summed E-state index contributed by atoms with van der Waals surface area (Å²) in [4.78, 5) is 46.8. The number of hydrogen-bond donors (Lipinski definition) is 4. The van der Waals surface area contributed by atoms with Crippen LogP contribution in [-0.4, -0.2) is 41.8 Å². The minimum Gasteiger partial charge on any atom is -0.368 e. The van der Waals surface area contributed by atoms with E-state index in [1.54, 1.807) is 0 Å². The number of carbonyl (C=O) groups excluding carboxylic acids is 4. The Morgan fingerprint density at radius 1 is 0.920 bits per heavy atom. The Morgan fingerprint density at radius 2 is 1.52 bits per heavy atom. The van der Waals surface area contributed by atoms with Crippen LogP contribution in [0.2, 0.25) is 0 Å². The second kappa shape index (κ2) is 9.41. The van der Waals surface area contributed by atoms with Gasteiger partial charge in [0.1, 0.15) is 18.1 Å². The third-order valence-corrected chi connectivity index (χ3v) is 3.51. The number of nitrogens with one attached hydrogen (secondary N) is 3. The van der Waals surface area contributed by atoms with E-state index in [0.29, 0.717) is 0 Å². The van der Waals surface area contributed by atoms with Crippen LogP contribution in [0.3, 0.4) is 0 Å². The normalized spacial score (nSPS) is 13.9. The summed E-state index contributed by atoms with van der Waals surface area (Å²) < 4.78 is 0. The van der Waals surface area contributed by atoms with Crippen LogP contribution in [0.4, 0.5) is 0 Å². The number of primary amides is 1. The first kappa shape index (κ1) is 20.1. The van der Waals surface area contributed by atoms with E-state index in [1.165, 1.54) is 20.8 Å². The van der Waals surface area contributed by atoms with Crippen molar-refractivity contribution in [2.75, 3.05) is 0 Å². The molecule has 0 aliphatic carbocycles. The van der Waals surface area contributed by atoms with Crippen LogP contribution in [0.15, 0.2) is 30.3 Å². The monoisotopic (exact) mass is 348 g/mol. The highest BCUT2D eigenvalue weighted by atomic mass is 16.2. The maximum absolute atomic E-state index is 12.4. The second-order valence-corrected chi connectivity index (χ2v) is 5.81. The molecule has 136 valence electrons. The Labute approximate surface area is 146 Å². The number of benzene rings is 1. The molecule has 25 heavy (non-hydrogen) atoms. The van der Waals surface area contributed by atoms with Gasteiger partial charge in [-0.05, 0) is 19.4 Å². The quantitative estimate of drug-likeness (QED) is 0.491. The fourth-order valence-electron chi connectivity index (χ4n) is 2.11. The highest BCUT2D eigenvalue weighted by Gasteiger charge is 2.26. The average Bonchev–Trinajstić information content (AvgIpc) is 2.54. The van der Waals surface area contributed by atoms with Gasteiger partial charge in [0, 0.05) is 13.3 Å². The molecule has 1 aromatic rings. The summed E-state index contributed by atoms with van der Waals surface area (Å²) in [7, 11) is 0. The van der Waals surface area contributed by atoms with Crippen molar-refractivity contribution in [1.29, 1.82) is 0 Å². The van der Waals surface area contributed by atoms with Gasteiger partial charge in [-0.2, -0.15) is 0 Å². The highest BCUT2D eigenvalue weighted by Crippen LogP contribution is 2.04. The zero-order valence-corrected chi connectivity index (χ0v) is 14.5. The lowest BCUT2D eigenvalue weighted by molar-refractivity contribution is -0.132. The van der Waals surface area contributed by atoms with E-state index in [-0.39, 0.29) is 12.3 Å². The van der Waals surface area contributed by atoms with Crippen LogP contribution < -0.4 is 21.7 Å². The number of carbonyl (C=O) groups is 4. The Kier molecular flexibility index (Phi) is 7.58. The van der Waals surface area contributed by atoms with Crippen molar-refractivity contribution in [2.24, 2.45) is 5.73 Å². The summed E-state index contributed by atoms with van der Waals surface area (Å²) in [6, 6.07) is 6.55. The molecule has 0 aliphatic rings. The number of nitrogens with two attached hydrogens (primary N) is 1. The summed E-state index contributed by atoms with van der Waals surface area (Å²) in [5.74, 6) is -2.06. The maximum Gasteiger partial charge on any atom is 0.243 e. The molecule has 4 amide bonds. The van der Waals surface area contributed by atoms with Crippen molar-refractivity contribution in [3.05, 3.63) is 35.9 Å². The zero-order chi connectivity index (χ0) is 19.0. The largest absolute Gasteiger partial charge is 0.368 e. The van der Waals surface area contributed by atoms with Crippen molar-refractivity contribution in [3.63, 3.8) is 0 Å². The lowest BCUT2D eigenvalue weighted by Crippen LogP contribution is -2.55. The summed E-state index contributed by atoms with van der Waals surface area (Å²) in [5.41, 5.74) is 5.99. The van der Waals surface area contributed by atoms with Crippen LogP contribution in [0.1, 0.15) is 26.3 Å². The minimum atomic E-state index is -0.909. The molecule has 0 heterocycles. The van der Waals surface area contributed by atoms with Gasteiger partial charge in [-0.3, -0.25) is 19.2 Å². The van der Waals surface area contributed by atoms with Crippen molar-refractivity contribution in [1.82, 2.24) is 16.0 Å². The molecule has 0 spiro atoms. The molecule has 0 aromatic heterocycles. The van der Waals surface area contributed by atoms with Gasteiger partial charge in [0.15, 0.2) is 0 Å². The Bertz CT molecular complexity index is 633. The standard InChI is InChI=1S/C17H24N4O4/c1-10(15(18)23)20-17(25)14(9-13-7-5-4-6-8-13)21-16(24)11(2)19-12(3)22/h4-8,10-11,14H,9H2,1-3H3,(H2,18,23)(H,19,22)(H,20,25)(H,21,24)/t10-,11-,14-/m0/s1. The Hall–Kier alpha value is -2.90. The molecular formula is C17H24N4O4. The van der Waals surface area contributed by atoms with Crippen molar-refractivity contribution < 1.29 is 19.2 Å². The van der Waals surface area contributed by atoms with Gasteiger partial charge in [0.25, 0.3) is 0 Å². The first-order valence-corrected chi connectivity index (χ1v) is 7.91. The molecule has 8 heteroatoms. The average molecular weight is 348 g/mol. The van der Waals surface area contributed by atoms with E-state index < -0.39 is 35.8 Å². The fourth-order valence-corrected chi connectivity index (χ4v) is 2.11. The minimum absolute atomic E-state index is 0.233. The molecule has 0 radical (unpaired) electrons. The summed E-state index contributed by atoms with van der Waals surface area (Å²) >= 11 is 0. The molecule has 0 fully saturated rings. The van der Waals surface area contributed by atoms with Gasteiger partial charge >= 0.3 is 0 Å². The van der Waals surface area contributed by atoms with E-state index in [0.717, 1.165) is 5.56 Å². The molecule has 0 bridgehead atoms. The van der Waals surface area contributed by atoms with E-state index in [2.05, 4.69) is 16.0 Å². The van der Waals surface area contributed by atoms with Gasteiger partial charge in [0.05, 0.1) is 0 Å². The fraction of sp³-hybridized carbons (Fsp3) is 0.412. The van der Waals surface area contributed by atoms with Crippen LogP contribution in [-0.2, 0) is 25.6 Å². The molecule has 1 aromatic carbocycles. The van der Waals surface area contributed by atoms with Gasteiger partial charge in [-0.15, -0.1) is 0 Å². The molecule has 5 N–H and O–H groups in total. The molecule has 1 rings (SSSR count). The predicted molar refractivity (Wildman–Crippen MR) is 92.2 cm³/mol. The second-order valence-electron chi connectivity index (χ2n) is 5.81. The van der Waals surface area contributed by atoms with Crippen LogP contribution >= 0.6 is 0 Å². The van der Waals surface area contributed by atoms with E-state index in [1.807, 2.05) is 30.3 Å². The smallest absolute Gasteiger partial charge is 0.243 e. The lowest BCUT2D eigenvalue weighted by atomic mass is 10.0. The topological polar surface area (TPSA) is 130 Å². The predicted octanol–water partition coefficient (Wildman–Crippen LogP) is -0.771. The molecule has 8 nitrogen and oxygen atoms in total. The number of hydrogen-bond acceptors (Lipinski definition) is 4. The van der Waals surface area contributed by atoms with Crippen LogP contribution in [0, 0.1) is 0 Å². The third-order valence-electron chi connectivity index (χ3n) is 3.51. The summed E-state index contributed by atoms with van der Waals surface area (Å²) in [6.45, 7) is 4.27. The molecule has 0 unspecified atom stereocenters. The Morgan fingerprint density at radius 3 is 2.04 bits per heavy atom. The van der Waals surface area contributed by atoms with Crippen molar-refractivity contribution in [3.8, 4) is 0 Å². The molecule has 0 aliphatic heterocycles. The van der Waals surface area contributed by atoms with Crippen LogP contribution in [0.25, 0.3) is 0 Å². The first-order valence-electron chi connectivity index (χ1n) is 7.91. The first-order chi connectivity index (χ1) is 11.7. The number of amides is 4. The van der Waals surface area contributed by atoms with E-state index in [4.69, 9.17) is 5.73 Å². The number of rotatable bonds is 8. The maximum atomic E-state index is 12.4. The summed E-state index contributed by atoms with van der Waals surface area (Å²) in [5, 5.41) is 7.52. The zero-order valence-electron chi connectivity index (χ0n) is 14.5. The van der Waals surface area contributed by atoms with Gasteiger partial charge in [-0.25, -0.2) is 0 Å².